The van der Waals surface area contributed by atoms with Crippen LogP contribution in [0.15, 0.2) is 42.5 Å². The second-order valence-electron chi connectivity index (χ2n) is 5.92. The van der Waals surface area contributed by atoms with E-state index in [-0.39, 0.29) is 12.5 Å². The van der Waals surface area contributed by atoms with Crippen molar-refractivity contribution in [2.75, 3.05) is 25.1 Å². The summed E-state index contributed by atoms with van der Waals surface area (Å²) in [5.74, 6) is 2.50. The van der Waals surface area contributed by atoms with Gasteiger partial charge in [-0.3, -0.25) is 4.79 Å². The Kier molecular flexibility index (Phi) is 4.89. The molecule has 0 aliphatic carbocycles. The smallest absolute Gasteiger partial charge is 0.262 e. The second kappa shape index (κ2) is 7.25. The number of ether oxygens (including phenoxy) is 3. The van der Waals surface area contributed by atoms with Crippen molar-refractivity contribution in [3.05, 3.63) is 48.0 Å². The topological polar surface area (TPSA) is 56.8 Å². The van der Waals surface area contributed by atoms with Crippen molar-refractivity contribution in [3.8, 4) is 17.2 Å². The zero-order chi connectivity index (χ0) is 16.9. The molecule has 0 spiro atoms. The maximum atomic E-state index is 11.3. The van der Waals surface area contributed by atoms with Gasteiger partial charge in [-0.25, -0.2) is 0 Å². The molecule has 5 heteroatoms. The molecular weight excluding hydrogens is 306 g/mol. The molecule has 3 rings (SSSR count). The second-order valence-corrected chi connectivity index (χ2v) is 5.92. The molecule has 1 aliphatic heterocycles. The summed E-state index contributed by atoms with van der Waals surface area (Å²) in [7, 11) is 0. The van der Waals surface area contributed by atoms with Crippen LogP contribution in [0, 0.1) is 0 Å². The van der Waals surface area contributed by atoms with E-state index in [9.17, 15) is 4.79 Å². The number of fused-ring (bicyclic) bond motifs is 1. The zero-order valence-corrected chi connectivity index (χ0v) is 13.9. The van der Waals surface area contributed by atoms with Gasteiger partial charge in [-0.2, -0.15) is 0 Å². The summed E-state index contributed by atoms with van der Waals surface area (Å²) in [5, 5.41) is 2.76. The summed E-state index contributed by atoms with van der Waals surface area (Å²) in [6, 6.07) is 13.5. The molecule has 1 aliphatic rings. The summed E-state index contributed by atoms with van der Waals surface area (Å²) in [4.78, 5) is 11.3. The molecule has 0 saturated carbocycles. The third kappa shape index (κ3) is 3.98. The van der Waals surface area contributed by atoms with Crippen molar-refractivity contribution in [2.45, 2.75) is 19.8 Å². The molecule has 2 aromatic rings. The van der Waals surface area contributed by atoms with Gasteiger partial charge in [0.1, 0.15) is 30.5 Å². The molecule has 1 amide bonds. The van der Waals surface area contributed by atoms with E-state index in [0.717, 1.165) is 5.75 Å². The van der Waals surface area contributed by atoms with Gasteiger partial charge in [-0.05, 0) is 35.7 Å². The highest BCUT2D eigenvalue weighted by molar-refractivity contribution is 5.95. The van der Waals surface area contributed by atoms with Crippen LogP contribution in [0.4, 0.5) is 5.69 Å². The van der Waals surface area contributed by atoms with E-state index in [4.69, 9.17) is 14.2 Å². The number of anilines is 1. The lowest BCUT2D eigenvalue weighted by molar-refractivity contribution is -0.118. The third-order valence-electron chi connectivity index (χ3n) is 3.75. The molecule has 5 nitrogen and oxygen atoms in total. The van der Waals surface area contributed by atoms with Gasteiger partial charge >= 0.3 is 0 Å². The number of hydrogen-bond acceptors (Lipinski definition) is 4. The first-order valence-electron chi connectivity index (χ1n) is 8.04. The predicted octanol–water partition coefficient (Wildman–Crippen LogP) is 3.60. The molecule has 0 atom stereocenters. The Labute approximate surface area is 141 Å². The van der Waals surface area contributed by atoms with E-state index < -0.39 is 0 Å². The Morgan fingerprint density at radius 1 is 1.04 bits per heavy atom. The molecule has 1 N–H and O–H groups in total. The lowest BCUT2D eigenvalue weighted by atomic mass is 10.0. The highest BCUT2D eigenvalue weighted by Gasteiger charge is 2.16. The summed E-state index contributed by atoms with van der Waals surface area (Å²) < 4.78 is 16.6. The van der Waals surface area contributed by atoms with Crippen molar-refractivity contribution in [1.82, 2.24) is 0 Å². The number of hydrogen-bond donors (Lipinski definition) is 1. The number of carbonyl (C=O) groups is 1. The van der Waals surface area contributed by atoms with Crippen LogP contribution in [-0.4, -0.2) is 25.7 Å². The molecule has 0 fully saturated rings. The summed E-state index contributed by atoms with van der Waals surface area (Å²) >= 11 is 0. The van der Waals surface area contributed by atoms with Crippen molar-refractivity contribution in [3.63, 3.8) is 0 Å². The fourth-order valence-electron chi connectivity index (χ4n) is 2.42. The molecule has 24 heavy (non-hydrogen) atoms. The minimum atomic E-state index is -0.159. The van der Waals surface area contributed by atoms with Crippen molar-refractivity contribution in [2.24, 2.45) is 0 Å². The number of amides is 1. The van der Waals surface area contributed by atoms with Crippen LogP contribution < -0.4 is 19.5 Å². The Hall–Kier alpha value is -2.69. The van der Waals surface area contributed by atoms with Gasteiger partial charge in [0.2, 0.25) is 0 Å². The molecule has 0 radical (unpaired) electrons. The van der Waals surface area contributed by atoms with Crippen molar-refractivity contribution >= 4 is 11.6 Å². The lowest BCUT2D eigenvalue weighted by Gasteiger charge is -2.18. The van der Waals surface area contributed by atoms with Crippen LogP contribution in [0.5, 0.6) is 17.2 Å². The van der Waals surface area contributed by atoms with Gasteiger partial charge in [0.05, 0.1) is 5.69 Å². The predicted molar refractivity (Wildman–Crippen MR) is 92.1 cm³/mol. The van der Waals surface area contributed by atoms with Crippen molar-refractivity contribution in [1.29, 1.82) is 0 Å². The Bertz CT molecular complexity index is 710. The largest absolute Gasteiger partial charge is 0.490 e. The van der Waals surface area contributed by atoms with Gasteiger partial charge < -0.3 is 19.5 Å². The van der Waals surface area contributed by atoms with E-state index in [0.29, 0.717) is 36.3 Å². The fraction of sp³-hybridized carbons (Fsp3) is 0.316. The first-order valence-corrected chi connectivity index (χ1v) is 8.04. The van der Waals surface area contributed by atoms with E-state index >= 15 is 0 Å². The standard InChI is InChI=1S/C19H21NO4/c1-13(2)14-3-5-15(6-4-14)22-9-10-23-16-7-8-18-17(11-16)20-19(21)12-24-18/h3-8,11,13H,9-10,12H2,1-2H3,(H,20,21). The number of nitrogens with one attached hydrogen (secondary N) is 1. The summed E-state index contributed by atoms with van der Waals surface area (Å²) in [5.41, 5.74) is 1.92. The monoisotopic (exact) mass is 327 g/mol. The van der Waals surface area contributed by atoms with Gasteiger partial charge in [-0.15, -0.1) is 0 Å². The Morgan fingerprint density at radius 3 is 2.42 bits per heavy atom. The molecule has 126 valence electrons. The number of carbonyl (C=O) groups excluding carboxylic acids is 1. The Balaban J connectivity index is 1.48. The lowest BCUT2D eigenvalue weighted by Crippen LogP contribution is -2.25. The quantitative estimate of drug-likeness (QED) is 0.824. The maximum absolute atomic E-state index is 11.3. The summed E-state index contributed by atoms with van der Waals surface area (Å²) in [6.07, 6.45) is 0. The SMILES string of the molecule is CC(C)c1ccc(OCCOc2ccc3c(c2)NC(=O)CO3)cc1. The normalized spacial score (nSPS) is 13.0. The van der Waals surface area contributed by atoms with Gasteiger partial charge in [0, 0.05) is 6.07 Å². The highest BCUT2D eigenvalue weighted by Crippen LogP contribution is 2.31. The van der Waals surface area contributed by atoms with E-state index in [1.165, 1.54) is 5.56 Å². The molecular formula is C19H21NO4. The van der Waals surface area contributed by atoms with Gasteiger partial charge in [-0.1, -0.05) is 26.0 Å². The van der Waals surface area contributed by atoms with Gasteiger partial charge in [0.15, 0.2) is 6.61 Å². The van der Waals surface area contributed by atoms with Crippen LogP contribution in [-0.2, 0) is 4.79 Å². The van der Waals surface area contributed by atoms with E-state index in [1.807, 2.05) is 18.2 Å². The highest BCUT2D eigenvalue weighted by atomic mass is 16.5. The van der Waals surface area contributed by atoms with Crippen LogP contribution in [0.1, 0.15) is 25.3 Å². The average molecular weight is 327 g/mol. The van der Waals surface area contributed by atoms with Crippen molar-refractivity contribution < 1.29 is 19.0 Å². The Morgan fingerprint density at radius 2 is 1.71 bits per heavy atom. The van der Waals surface area contributed by atoms with E-state index in [1.54, 1.807) is 12.1 Å². The minimum Gasteiger partial charge on any atom is -0.490 e. The molecule has 0 saturated heterocycles. The van der Waals surface area contributed by atoms with Crippen LogP contribution >= 0.6 is 0 Å². The van der Waals surface area contributed by atoms with Crippen LogP contribution in [0.2, 0.25) is 0 Å². The summed E-state index contributed by atoms with van der Waals surface area (Å²) in [6.45, 7) is 5.24. The maximum Gasteiger partial charge on any atom is 0.262 e. The minimum absolute atomic E-state index is 0.0522. The molecule has 2 aromatic carbocycles. The molecule has 0 unspecified atom stereocenters. The molecule has 1 heterocycles. The van der Waals surface area contributed by atoms with Gasteiger partial charge in [0.25, 0.3) is 5.91 Å². The molecule has 0 bridgehead atoms. The first kappa shape index (κ1) is 16.2. The third-order valence-corrected chi connectivity index (χ3v) is 3.75. The number of benzene rings is 2. The van der Waals surface area contributed by atoms with Crippen LogP contribution in [0.3, 0.4) is 0 Å². The van der Waals surface area contributed by atoms with E-state index in [2.05, 4.69) is 31.3 Å². The average Bonchev–Trinajstić information content (AvgIpc) is 2.58. The molecule has 0 aromatic heterocycles. The number of rotatable bonds is 6. The van der Waals surface area contributed by atoms with Crippen LogP contribution in [0.25, 0.3) is 0 Å². The first-order chi connectivity index (χ1) is 11.6. The zero-order valence-electron chi connectivity index (χ0n) is 13.9. The fourth-order valence-corrected chi connectivity index (χ4v) is 2.42.